The van der Waals surface area contributed by atoms with Crippen LogP contribution < -0.4 is 5.14 Å². The van der Waals surface area contributed by atoms with Gasteiger partial charge in [-0.2, -0.15) is 5.21 Å². The minimum atomic E-state index is -3.91. The molecule has 0 spiro atoms. The molecule has 1 aliphatic heterocycles. The Labute approximate surface area is 200 Å². The molecule has 3 N–H and O–H groups in total. The Morgan fingerprint density at radius 1 is 1.35 bits per heavy atom. The molecule has 12 heteroatoms. The molecule has 1 fully saturated rings. The minimum absolute atomic E-state index is 0.101. The number of carbonyl (C=O) groups is 1. The van der Waals surface area contributed by atoms with E-state index in [0.29, 0.717) is 30.4 Å². The van der Waals surface area contributed by atoms with Gasteiger partial charge in [-0.25, -0.2) is 23.3 Å². The fraction of sp³-hybridized carbons (Fsp3) is 0.682. The predicted octanol–water partition coefficient (Wildman–Crippen LogP) is 2.77. The maximum Gasteiger partial charge on any atom is 0.410 e. The summed E-state index contributed by atoms with van der Waals surface area (Å²) >= 11 is 0. The lowest BCUT2D eigenvalue weighted by Gasteiger charge is -2.33. The van der Waals surface area contributed by atoms with Crippen LogP contribution in [0.5, 0.6) is 0 Å². The van der Waals surface area contributed by atoms with Gasteiger partial charge in [0.15, 0.2) is 10.9 Å². The van der Waals surface area contributed by atoms with Crippen molar-refractivity contribution in [3.05, 3.63) is 29.7 Å². The number of hydrogen-bond acceptors (Lipinski definition) is 8. The number of ether oxygens (including phenoxy) is 1. The van der Waals surface area contributed by atoms with Crippen molar-refractivity contribution in [2.75, 3.05) is 6.54 Å². The molecule has 1 aliphatic rings. The smallest absolute Gasteiger partial charge is 0.410 e. The van der Waals surface area contributed by atoms with Crippen LogP contribution in [0.2, 0.25) is 0 Å². The molecule has 0 aromatic carbocycles. The Hall–Kier alpha value is -2.60. The van der Waals surface area contributed by atoms with Gasteiger partial charge in [0.05, 0.1) is 0 Å². The number of H-pyrrole nitrogens is 1. The number of likely N-dealkylation sites (tertiary alicyclic amines) is 1. The monoisotopic (exact) mass is 493 g/mol. The number of nitrogens with zero attached hydrogens (tertiary/aromatic N) is 5. The van der Waals surface area contributed by atoms with E-state index in [2.05, 4.69) is 39.5 Å². The molecular weight excluding hydrogens is 458 g/mol. The standard InChI is InChI=1S/C22H35N7O4S/c1-21(2,3)33-20(30)29-14-15(13-22(29,4)5)8-6-9-16(12-18-25-27-28-26-18)17-10-7-11-19(24-17)34(23,31)32/h7,10-11,15-16H,6,8-9,12-14H2,1-5H3,(H2,23,31,32)(H,25,26,27,28)/t15-,16?/m0/s1. The van der Waals surface area contributed by atoms with E-state index in [1.807, 2.05) is 25.7 Å². The van der Waals surface area contributed by atoms with Crippen molar-refractivity contribution in [2.24, 2.45) is 11.1 Å². The number of carbonyl (C=O) groups excluding carboxylic acids is 1. The largest absolute Gasteiger partial charge is 0.444 e. The molecule has 2 atom stereocenters. The van der Waals surface area contributed by atoms with E-state index in [4.69, 9.17) is 9.88 Å². The third-order valence-electron chi connectivity index (χ3n) is 6.01. The number of hydrogen-bond donors (Lipinski definition) is 2. The van der Waals surface area contributed by atoms with E-state index in [0.717, 1.165) is 25.7 Å². The number of nitrogens with two attached hydrogens (primary N) is 1. The van der Waals surface area contributed by atoms with Gasteiger partial charge < -0.3 is 9.64 Å². The van der Waals surface area contributed by atoms with Gasteiger partial charge in [-0.3, -0.25) is 0 Å². The number of aromatic amines is 1. The molecule has 0 bridgehead atoms. The van der Waals surface area contributed by atoms with Gasteiger partial charge in [0.2, 0.25) is 0 Å². The van der Waals surface area contributed by atoms with Crippen molar-refractivity contribution in [3.8, 4) is 0 Å². The van der Waals surface area contributed by atoms with Crippen molar-refractivity contribution in [3.63, 3.8) is 0 Å². The van der Waals surface area contributed by atoms with E-state index in [9.17, 15) is 13.2 Å². The van der Waals surface area contributed by atoms with E-state index in [1.165, 1.54) is 6.07 Å². The average Bonchev–Trinajstić information content (AvgIpc) is 3.32. The van der Waals surface area contributed by atoms with Crippen LogP contribution in [-0.2, 0) is 21.2 Å². The highest BCUT2D eigenvalue weighted by atomic mass is 32.2. The first-order chi connectivity index (χ1) is 15.7. The number of tetrazole rings is 1. The maximum atomic E-state index is 12.7. The number of amides is 1. The number of nitrogens with one attached hydrogen (secondary N) is 1. The Bertz CT molecular complexity index is 1080. The zero-order chi connectivity index (χ0) is 25.1. The Morgan fingerprint density at radius 2 is 2.09 bits per heavy atom. The molecular formula is C22H35N7O4S. The second-order valence-electron chi connectivity index (χ2n) is 10.6. The van der Waals surface area contributed by atoms with Crippen LogP contribution in [0.15, 0.2) is 23.2 Å². The highest BCUT2D eigenvalue weighted by Gasteiger charge is 2.42. The molecule has 0 saturated carbocycles. The van der Waals surface area contributed by atoms with Gasteiger partial charge in [0.25, 0.3) is 10.0 Å². The molecule has 34 heavy (non-hydrogen) atoms. The second-order valence-corrected chi connectivity index (χ2v) is 12.1. The lowest BCUT2D eigenvalue weighted by molar-refractivity contribution is 0.0130. The van der Waals surface area contributed by atoms with Crippen LogP contribution in [0.25, 0.3) is 0 Å². The van der Waals surface area contributed by atoms with Crippen molar-refractivity contribution >= 4 is 16.1 Å². The highest BCUT2D eigenvalue weighted by Crippen LogP contribution is 2.37. The third kappa shape index (κ3) is 6.95. The SMILES string of the molecule is CC(C)(C)OC(=O)N1C[C@@H](CCCC(Cc2nn[nH]n2)c2cccc(S(N)(=O)=O)n2)CC1(C)C. The summed E-state index contributed by atoms with van der Waals surface area (Å²) in [5.74, 6) is 0.777. The molecule has 1 amide bonds. The summed E-state index contributed by atoms with van der Waals surface area (Å²) in [5.41, 5.74) is -0.187. The second kappa shape index (κ2) is 9.95. The molecule has 2 aromatic rings. The quantitative estimate of drug-likeness (QED) is 0.568. The molecule has 1 unspecified atom stereocenters. The first kappa shape index (κ1) is 26.0. The molecule has 3 heterocycles. The summed E-state index contributed by atoms with van der Waals surface area (Å²) in [4.78, 5) is 18.8. The third-order valence-corrected chi connectivity index (χ3v) is 6.82. The van der Waals surface area contributed by atoms with Gasteiger partial charge in [-0.15, -0.1) is 10.2 Å². The summed E-state index contributed by atoms with van der Waals surface area (Å²) in [5, 5.41) is 19.3. The number of sulfonamides is 1. The molecule has 0 aliphatic carbocycles. The highest BCUT2D eigenvalue weighted by molar-refractivity contribution is 7.89. The first-order valence-corrected chi connectivity index (χ1v) is 13.0. The number of pyridine rings is 1. The van der Waals surface area contributed by atoms with Crippen LogP contribution in [-0.4, -0.2) is 62.7 Å². The molecule has 188 valence electrons. The van der Waals surface area contributed by atoms with Crippen LogP contribution in [0, 0.1) is 5.92 Å². The molecule has 11 nitrogen and oxygen atoms in total. The summed E-state index contributed by atoms with van der Waals surface area (Å²) in [6.07, 6.45) is 3.61. The zero-order valence-corrected chi connectivity index (χ0v) is 21.3. The Balaban J connectivity index is 1.66. The van der Waals surface area contributed by atoms with Crippen LogP contribution in [0.3, 0.4) is 0 Å². The topological polar surface area (TPSA) is 157 Å². The fourth-order valence-corrected chi connectivity index (χ4v) is 5.03. The van der Waals surface area contributed by atoms with Gasteiger partial charge in [-0.05, 0) is 71.9 Å². The average molecular weight is 494 g/mol. The summed E-state index contributed by atoms with van der Waals surface area (Å²) in [7, 11) is -3.91. The van der Waals surface area contributed by atoms with E-state index in [-0.39, 0.29) is 22.6 Å². The van der Waals surface area contributed by atoms with Crippen molar-refractivity contribution in [1.29, 1.82) is 0 Å². The molecule has 0 radical (unpaired) electrons. The van der Waals surface area contributed by atoms with E-state index in [1.54, 1.807) is 12.1 Å². The van der Waals surface area contributed by atoms with Gasteiger partial charge in [0, 0.05) is 30.1 Å². The Kier molecular flexibility index (Phi) is 7.61. The predicted molar refractivity (Wildman–Crippen MR) is 125 cm³/mol. The zero-order valence-electron chi connectivity index (χ0n) is 20.5. The summed E-state index contributed by atoms with van der Waals surface area (Å²) in [6.45, 7) is 10.4. The lowest BCUT2D eigenvalue weighted by Crippen LogP contribution is -2.45. The fourth-order valence-electron chi connectivity index (χ4n) is 4.53. The summed E-state index contributed by atoms with van der Waals surface area (Å²) < 4.78 is 29.2. The number of rotatable bonds is 8. The molecule has 1 saturated heterocycles. The number of aromatic nitrogens is 5. The molecule has 2 aromatic heterocycles. The summed E-state index contributed by atoms with van der Waals surface area (Å²) in [6, 6.07) is 4.82. The van der Waals surface area contributed by atoms with E-state index >= 15 is 0 Å². The first-order valence-electron chi connectivity index (χ1n) is 11.5. The van der Waals surface area contributed by atoms with Crippen molar-refractivity contribution in [1.82, 2.24) is 30.5 Å². The Morgan fingerprint density at radius 3 is 2.71 bits per heavy atom. The molecule has 3 rings (SSSR count). The van der Waals surface area contributed by atoms with Crippen molar-refractivity contribution < 1.29 is 17.9 Å². The van der Waals surface area contributed by atoms with Gasteiger partial charge in [0.1, 0.15) is 5.60 Å². The number of primary sulfonamides is 1. The van der Waals surface area contributed by atoms with Crippen LogP contribution >= 0.6 is 0 Å². The van der Waals surface area contributed by atoms with Gasteiger partial charge in [-0.1, -0.05) is 17.7 Å². The lowest BCUT2D eigenvalue weighted by atomic mass is 9.89. The minimum Gasteiger partial charge on any atom is -0.444 e. The maximum absolute atomic E-state index is 12.7. The van der Waals surface area contributed by atoms with Crippen molar-refractivity contribution in [2.45, 2.75) is 88.8 Å². The van der Waals surface area contributed by atoms with Gasteiger partial charge >= 0.3 is 6.09 Å². The van der Waals surface area contributed by atoms with Crippen LogP contribution in [0.1, 0.15) is 77.7 Å². The normalized spacial score (nSPS) is 19.2. The van der Waals surface area contributed by atoms with Crippen LogP contribution in [0.4, 0.5) is 4.79 Å². The van der Waals surface area contributed by atoms with E-state index < -0.39 is 15.6 Å².